The third kappa shape index (κ3) is 3.26. The maximum Gasteiger partial charge on any atom is 0.185 e. The average molecular weight is 300 g/mol. The first-order valence-electron chi connectivity index (χ1n) is 5.71. The van der Waals surface area contributed by atoms with E-state index in [1.54, 1.807) is 12.1 Å². The molecule has 0 saturated carbocycles. The molecule has 1 aromatic rings. The van der Waals surface area contributed by atoms with E-state index in [9.17, 15) is 10.1 Å². The molecular weight excluding hydrogens is 289 g/mol. The minimum absolute atomic E-state index is 0.179. The van der Waals surface area contributed by atoms with Crippen LogP contribution in [0, 0.1) is 11.3 Å². The Balaban J connectivity index is 2.21. The number of halogens is 2. The van der Waals surface area contributed by atoms with Crippen molar-refractivity contribution in [2.45, 2.75) is 12.0 Å². The lowest BCUT2D eigenvalue weighted by Crippen LogP contribution is -2.38. The second-order valence-corrected chi connectivity index (χ2v) is 4.89. The van der Waals surface area contributed by atoms with Gasteiger partial charge in [-0.1, -0.05) is 29.3 Å². The fraction of sp³-hybridized carbons (Fsp3) is 0.385. The van der Waals surface area contributed by atoms with E-state index < -0.39 is 12.0 Å². The highest BCUT2D eigenvalue weighted by molar-refractivity contribution is 6.42. The van der Waals surface area contributed by atoms with E-state index in [1.807, 2.05) is 6.07 Å². The quantitative estimate of drug-likeness (QED) is 0.861. The molecule has 1 saturated heterocycles. The molecule has 0 aliphatic carbocycles. The molecule has 0 N–H and O–H groups in total. The van der Waals surface area contributed by atoms with Crippen LogP contribution in [0.15, 0.2) is 18.2 Å². The van der Waals surface area contributed by atoms with Crippen molar-refractivity contribution in [3.63, 3.8) is 0 Å². The number of nitriles is 1. The third-order valence-electron chi connectivity index (χ3n) is 2.82. The Bertz CT molecular complexity index is 521. The molecule has 0 amide bonds. The number of ketones is 1. The van der Waals surface area contributed by atoms with Crippen LogP contribution in [0.3, 0.4) is 0 Å². The molecule has 0 aromatic heterocycles. The van der Waals surface area contributed by atoms with Crippen LogP contribution >= 0.6 is 23.2 Å². The van der Waals surface area contributed by atoms with Gasteiger partial charge in [0.2, 0.25) is 0 Å². The monoisotopic (exact) mass is 299 g/mol. The van der Waals surface area contributed by atoms with Crippen LogP contribution in [-0.2, 0) is 14.3 Å². The molecule has 100 valence electrons. The van der Waals surface area contributed by atoms with Crippen LogP contribution in [0.4, 0.5) is 0 Å². The van der Waals surface area contributed by atoms with E-state index in [2.05, 4.69) is 0 Å². The number of benzene rings is 1. The molecule has 4 nitrogen and oxygen atoms in total. The Morgan fingerprint density at radius 3 is 2.74 bits per heavy atom. The van der Waals surface area contributed by atoms with Gasteiger partial charge < -0.3 is 9.47 Å². The Hall–Kier alpha value is -1.12. The molecule has 19 heavy (non-hydrogen) atoms. The molecule has 1 heterocycles. The normalized spacial score (nSPS) is 20.6. The summed E-state index contributed by atoms with van der Waals surface area (Å²) < 4.78 is 10.5. The number of ether oxygens (including phenoxy) is 2. The summed E-state index contributed by atoms with van der Waals surface area (Å²) in [6, 6.07) is 6.68. The smallest absolute Gasteiger partial charge is 0.185 e. The highest BCUT2D eigenvalue weighted by Gasteiger charge is 2.31. The predicted octanol–water partition coefficient (Wildman–Crippen LogP) is 2.59. The summed E-state index contributed by atoms with van der Waals surface area (Å²) >= 11 is 11.7. The van der Waals surface area contributed by atoms with Crippen LogP contribution < -0.4 is 0 Å². The SMILES string of the molecule is N#CC(C(=O)C1COCCO1)c1ccc(Cl)c(Cl)c1. The Morgan fingerprint density at radius 2 is 2.16 bits per heavy atom. The molecule has 1 fully saturated rings. The zero-order valence-electron chi connectivity index (χ0n) is 9.94. The highest BCUT2D eigenvalue weighted by atomic mass is 35.5. The molecule has 2 atom stereocenters. The van der Waals surface area contributed by atoms with Crippen molar-refractivity contribution in [1.29, 1.82) is 5.26 Å². The standard InChI is InChI=1S/C13H11Cl2NO3/c14-10-2-1-8(5-11(10)15)9(6-16)13(17)12-7-18-3-4-19-12/h1-2,5,9,12H,3-4,7H2. The molecule has 0 bridgehead atoms. The van der Waals surface area contributed by atoms with E-state index in [1.165, 1.54) is 6.07 Å². The molecule has 1 aliphatic rings. The lowest BCUT2D eigenvalue weighted by Gasteiger charge is -2.23. The Labute approximate surface area is 120 Å². The minimum atomic E-state index is -0.929. The van der Waals surface area contributed by atoms with Gasteiger partial charge >= 0.3 is 0 Å². The largest absolute Gasteiger partial charge is 0.376 e. The maximum absolute atomic E-state index is 12.2. The number of carbonyl (C=O) groups is 1. The van der Waals surface area contributed by atoms with E-state index in [4.69, 9.17) is 32.7 Å². The summed E-state index contributed by atoms with van der Waals surface area (Å²) in [5.74, 6) is -1.25. The number of hydrogen-bond acceptors (Lipinski definition) is 4. The molecule has 1 aromatic carbocycles. The lowest BCUT2D eigenvalue weighted by atomic mass is 9.93. The second kappa shape index (κ2) is 6.36. The van der Waals surface area contributed by atoms with E-state index in [-0.39, 0.29) is 12.4 Å². The molecule has 2 unspecified atom stereocenters. The minimum Gasteiger partial charge on any atom is -0.376 e. The van der Waals surface area contributed by atoms with Gasteiger partial charge in [0, 0.05) is 0 Å². The topological polar surface area (TPSA) is 59.3 Å². The van der Waals surface area contributed by atoms with Gasteiger partial charge in [-0.25, -0.2) is 0 Å². The van der Waals surface area contributed by atoms with Crippen molar-refractivity contribution in [3.05, 3.63) is 33.8 Å². The lowest BCUT2D eigenvalue weighted by molar-refractivity contribution is -0.145. The van der Waals surface area contributed by atoms with Crippen molar-refractivity contribution in [1.82, 2.24) is 0 Å². The van der Waals surface area contributed by atoms with Gasteiger partial charge in [-0.15, -0.1) is 0 Å². The highest BCUT2D eigenvalue weighted by Crippen LogP contribution is 2.28. The van der Waals surface area contributed by atoms with Gasteiger partial charge in [0.1, 0.15) is 12.0 Å². The average Bonchev–Trinajstić information content (AvgIpc) is 2.44. The van der Waals surface area contributed by atoms with Crippen LogP contribution in [0.25, 0.3) is 0 Å². The van der Waals surface area contributed by atoms with Gasteiger partial charge in [-0.2, -0.15) is 5.26 Å². The molecule has 6 heteroatoms. The van der Waals surface area contributed by atoms with Gasteiger partial charge in [-0.3, -0.25) is 4.79 Å². The maximum atomic E-state index is 12.2. The zero-order chi connectivity index (χ0) is 13.8. The van der Waals surface area contributed by atoms with Gasteiger partial charge in [0.25, 0.3) is 0 Å². The van der Waals surface area contributed by atoms with Crippen molar-refractivity contribution < 1.29 is 14.3 Å². The number of carbonyl (C=O) groups excluding carboxylic acids is 1. The van der Waals surface area contributed by atoms with E-state index in [0.717, 1.165) is 0 Å². The van der Waals surface area contributed by atoms with Crippen LogP contribution in [0.5, 0.6) is 0 Å². The van der Waals surface area contributed by atoms with Gasteiger partial charge in [-0.05, 0) is 17.7 Å². The summed E-state index contributed by atoms with van der Waals surface area (Å²) in [4.78, 5) is 12.2. The fourth-order valence-corrected chi connectivity index (χ4v) is 2.14. The molecule has 1 aliphatic heterocycles. The number of nitrogens with zero attached hydrogens (tertiary/aromatic N) is 1. The summed E-state index contributed by atoms with van der Waals surface area (Å²) in [5, 5.41) is 9.89. The summed E-state index contributed by atoms with van der Waals surface area (Å²) in [6.45, 7) is 1.00. The second-order valence-electron chi connectivity index (χ2n) is 4.07. The third-order valence-corrected chi connectivity index (χ3v) is 3.56. The summed E-state index contributed by atoms with van der Waals surface area (Å²) in [7, 11) is 0. The first-order chi connectivity index (χ1) is 9.13. The van der Waals surface area contributed by atoms with Crippen molar-refractivity contribution in [2.24, 2.45) is 0 Å². The van der Waals surface area contributed by atoms with Crippen LogP contribution in [0.1, 0.15) is 11.5 Å². The van der Waals surface area contributed by atoms with Gasteiger partial charge in [0.15, 0.2) is 5.78 Å². The number of hydrogen-bond donors (Lipinski definition) is 0. The van der Waals surface area contributed by atoms with Crippen LogP contribution in [-0.4, -0.2) is 31.7 Å². The van der Waals surface area contributed by atoms with E-state index in [0.29, 0.717) is 28.8 Å². The molecule has 2 rings (SSSR count). The van der Waals surface area contributed by atoms with Crippen LogP contribution in [0.2, 0.25) is 10.0 Å². The first-order valence-corrected chi connectivity index (χ1v) is 6.46. The molecular formula is C13H11Cl2NO3. The summed E-state index contributed by atoms with van der Waals surface area (Å²) in [6.07, 6.45) is -0.701. The Kier molecular flexibility index (Phi) is 4.78. The predicted molar refractivity (Wildman–Crippen MR) is 70.4 cm³/mol. The fourth-order valence-electron chi connectivity index (χ4n) is 1.83. The van der Waals surface area contributed by atoms with E-state index >= 15 is 0 Å². The number of Topliss-reactive ketones (excluding diaryl/α,β-unsaturated/α-hetero) is 1. The summed E-state index contributed by atoms with van der Waals surface area (Å²) in [5.41, 5.74) is 0.510. The number of rotatable bonds is 3. The van der Waals surface area contributed by atoms with Crippen molar-refractivity contribution in [2.75, 3.05) is 19.8 Å². The zero-order valence-corrected chi connectivity index (χ0v) is 11.4. The molecule has 0 spiro atoms. The van der Waals surface area contributed by atoms with Crippen molar-refractivity contribution >= 4 is 29.0 Å². The molecule has 0 radical (unpaired) electrons. The first kappa shape index (κ1) is 14.3. The van der Waals surface area contributed by atoms with Crippen molar-refractivity contribution in [3.8, 4) is 6.07 Å². The van der Waals surface area contributed by atoms with Gasteiger partial charge in [0.05, 0.1) is 35.9 Å². The Morgan fingerprint density at radius 1 is 1.37 bits per heavy atom.